The minimum Gasteiger partial charge on any atom is -0.756 e. The molecule has 0 saturated carbocycles. The number of esters is 2. The summed E-state index contributed by atoms with van der Waals surface area (Å²) in [6.45, 7) is 4.30. The molecule has 388 valence electrons. The van der Waals surface area contributed by atoms with Crippen molar-refractivity contribution in [1.82, 2.24) is 0 Å². The third-order valence-electron chi connectivity index (χ3n) is 12.9. The Hall–Kier alpha value is -0.990. The van der Waals surface area contributed by atoms with Gasteiger partial charge >= 0.3 is 11.9 Å². The summed E-state index contributed by atoms with van der Waals surface area (Å²) in [4.78, 5) is 37.7. The highest BCUT2D eigenvalue weighted by molar-refractivity contribution is 7.45. The topological polar surface area (TPSA) is 111 Å². The second kappa shape index (κ2) is 48.1. The van der Waals surface area contributed by atoms with Crippen LogP contribution < -0.4 is 4.89 Å². The van der Waals surface area contributed by atoms with Crippen LogP contribution in [0.5, 0.6) is 0 Å². The standard InChI is InChI=1S/C55H110NO8P/c1-6-8-10-12-14-16-18-20-22-23-24-25-26-27-28-29-30-31-32-33-34-36-38-40-42-44-46-48-55(58)64-53(52-63-65(59,60)62-50-49-56(3,4)5)51-61-54(57)47-45-43-41-39-37-35-21-19-17-15-13-11-9-7-2/h53H,6-52H2,1-5H3. The van der Waals surface area contributed by atoms with Gasteiger partial charge in [-0.15, -0.1) is 0 Å². The maximum Gasteiger partial charge on any atom is 0.306 e. The average Bonchev–Trinajstić information content (AvgIpc) is 3.26. The van der Waals surface area contributed by atoms with Crippen molar-refractivity contribution in [3.8, 4) is 0 Å². The van der Waals surface area contributed by atoms with Crippen LogP contribution in [0.4, 0.5) is 0 Å². The summed E-state index contributed by atoms with van der Waals surface area (Å²) in [5.74, 6) is -0.812. The number of hydrogen-bond acceptors (Lipinski definition) is 8. The van der Waals surface area contributed by atoms with Crippen molar-refractivity contribution < 1.29 is 42.1 Å². The summed E-state index contributed by atoms with van der Waals surface area (Å²) >= 11 is 0. The molecule has 0 radical (unpaired) electrons. The van der Waals surface area contributed by atoms with E-state index in [2.05, 4.69) is 13.8 Å². The Morgan fingerprint density at radius 3 is 0.985 bits per heavy atom. The van der Waals surface area contributed by atoms with E-state index in [1.807, 2.05) is 21.1 Å². The van der Waals surface area contributed by atoms with Gasteiger partial charge < -0.3 is 27.9 Å². The third kappa shape index (κ3) is 52.2. The first-order valence-corrected chi connectivity index (χ1v) is 29.7. The highest BCUT2D eigenvalue weighted by Gasteiger charge is 2.22. The van der Waals surface area contributed by atoms with E-state index in [4.69, 9.17) is 18.5 Å². The van der Waals surface area contributed by atoms with Crippen LogP contribution in [0.15, 0.2) is 0 Å². The van der Waals surface area contributed by atoms with E-state index >= 15 is 0 Å². The highest BCUT2D eigenvalue weighted by atomic mass is 31.2. The van der Waals surface area contributed by atoms with Gasteiger partial charge in [0, 0.05) is 12.8 Å². The first kappa shape index (κ1) is 64.0. The van der Waals surface area contributed by atoms with Gasteiger partial charge in [-0.05, 0) is 12.8 Å². The van der Waals surface area contributed by atoms with Crippen molar-refractivity contribution in [2.75, 3.05) is 47.5 Å². The molecule has 0 aliphatic heterocycles. The molecular weight excluding hydrogens is 834 g/mol. The molecular formula is C55H110NO8P. The molecule has 0 amide bonds. The van der Waals surface area contributed by atoms with Gasteiger partial charge in [-0.1, -0.05) is 264 Å². The monoisotopic (exact) mass is 944 g/mol. The highest BCUT2D eigenvalue weighted by Crippen LogP contribution is 2.38. The molecule has 2 unspecified atom stereocenters. The zero-order chi connectivity index (χ0) is 47.8. The Bertz CT molecular complexity index is 1070. The van der Waals surface area contributed by atoms with Crippen LogP contribution in [0, 0.1) is 0 Å². The Labute approximate surface area is 404 Å². The van der Waals surface area contributed by atoms with Crippen molar-refractivity contribution >= 4 is 19.8 Å². The Morgan fingerprint density at radius 1 is 0.415 bits per heavy atom. The Morgan fingerprint density at radius 2 is 0.692 bits per heavy atom. The smallest absolute Gasteiger partial charge is 0.306 e. The molecule has 2 atom stereocenters. The molecule has 9 nitrogen and oxygen atoms in total. The number of ether oxygens (including phenoxy) is 2. The number of nitrogens with zero attached hydrogens (tertiary/aromatic N) is 1. The van der Waals surface area contributed by atoms with Gasteiger partial charge in [0.1, 0.15) is 19.8 Å². The molecule has 65 heavy (non-hydrogen) atoms. The predicted octanol–water partition coefficient (Wildman–Crippen LogP) is 16.5. The summed E-state index contributed by atoms with van der Waals surface area (Å²) in [6.07, 6.45) is 52.9. The van der Waals surface area contributed by atoms with Crippen LogP contribution in [-0.4, -0.2) is 70.0 Å². The van der Waals surface area contributed by atoms with Crippen LogP contribution in [0.25, 0.3) is 0 Å². The van der Waals surface area contributed by atoms with Crippen molar-refractivity contribution in [2.45, 2.75) is 296 Å². The molecule has 0 bridgehead atoms. The van der Waals surface area contributed by atoms with E-state index in [-0.39, 0.29) is 32.0 Å². The normalized spacial score (nSPS) is 13.3. The molecule has 0 heterocycles. The first-order valence-electron chi connectivity index (χ1n) is 28.2. The minimum atomic E-state index is -4.62. The second-order valence-corrected chi connectivity index (χ2v) is 22.1. The largest absolute Gasteiger partial charge is 0.756 e. The number of carbonyl (C=O) groups is 2. The third-order valence-corrected chi connectivity index (χ3v) is 13.8. The van der Waals surface area contributed by atoms with Crippen LogP contribution >= 0.6 is 7.82 Å². The van der Waals surface area contributed by atoms with Crippen LogP contribution in [0.3, 0.4) is 0 Å². The van der Waals surface area contributed by atoms with Crippen LogP contribution in [-0.2, 0) is 32.7 Å². The summed E-state index contributed by atoms with van der Waals surface area (Å²) in [6, 6.07) is 0. The Balaban J connectivity index is 4.05. The van der Waals surface area contributed by atoms with Crippen molar-refractivity contribution in [1.29, 1.82) is 0 Å². The number of phosphoric acid groups is 1. The summed E-state index contributed by atoms with van der Waals surface area (Å²) in [5.41, 5.74) is 0. The number of rotatable bonds is 53. The number of hydrogen-bond donors (Lipinski definition) is 0. The number of likely N-dealkylation sites (N-methyl/N-ethyl adjacent to an activating group) is 1. The zero-order valence-electron chi connectivity index (χ0n) is 44.0. The lowest BCUT2D eigenvalue weighted by Gasteiger charge is -2.28. The lowest BCUT2D eigenvalue weighted by atomic mass is 10.0. The van der Waals surface area contributed by atoms with Gasteiger partial charge in [-0.25, -0.2) is 0 Å². The summed E-state index contributed by atoms with van der Waals surface area (Å²) in [5, 5.41) is 0. The van der Waals surface area contributed by atoms with E-state index < -0.39 is 26.5 Å². The van der Waals surface area contributed by atoms with Gasteiger partial charge in [-0.2, -0.15) is 0 Å². The minimum absolute atomic E-state index is 0.0253. The van der Waals surface area contributed by atoms with Gasteiger partial charge in [0.05, 0.1) is 27.7 Å². The molecule has 10 heteroatoms. The SMILES string of the molecule is CCCCCCCCCCCCCCCCCCCCCCCCCCCCCC(=O)OC(COC(=O)CCCCCCCCCCCCCCCC)COP(=O)([O-])OCC[N+](C)(C)C. The summed E-state index contributed by atoms with van der Waals surface area (Å²) in [7, 11) is 1.19. The molecule has 0 aromatic rings. The summed E-state index contributed by atoms with van der Waals surface area (Å²) < 4.78 is 34.1. The number of unbranched alkanes of at least 4 members (excludes halogenated alkanes) is 39. The van der Waals surface area contributed by atoms with Crippen LogP contribution in [0.1, 0.15) is 290 Å². The fraction of sp³-hybridized carbons (Fsp3) is 0.964. The molecule has 0 aliphatic carbocycles. The molecule has 0 fully saturated rings. The zero-order valence-corrected chi connectivity index (χ0v) is 44.9. The maximum atomic E-state index is 12.8. The molecule has 0 aliphatic rings. The quantitative estimate of drug-likeness (QED) is 0.0257. The fourth-order valence-electron chi connectivity index (χ4n) is 8.48. The lowest BCUT2D eigenvalue weighted by Crippen LogP contribution is -2.37. The number of quaternary nitrogens is 1. The van der Waals surface area contributed by atoms with E-state index in [0.29, 0.717) is 17.4 Å². The van der Waals surface area contributed by atoms with E-state index in [1.54, 1.807) is 0 Å². The second-order valence-electron chi connectivity index (χ2n) is 20.7. The van der Waals surface area contributed by atoms with E-state index in [0.717, 1.165) is 32.1 Å². The molecule has 0 aromatic heterocycles. The van der Waals surface area contributed by atoms with E-state index in [9.17, 15) is 19.0 Å². The predicted molar refractivity (Wildman–Crippen MR) is 273 cm³/mol. The molecule has 0 N–H and O–H groups in total. The first-order chi connectivity index (χ1) is 31.5. The van der Waals surface area contributed by atoms with Crippen molar-refractivity contribution in [3.63, 3.8) is 0 Å². The maximum absolute atomic E-state index is 12.8. The fourth-order valence-corrected chi connectivity index (χ4v) is 9.21. The van der Waals surface area contributed by atoms with Gasteiger partial charge in [-0.3, -0.25) is 14.2 Å². The van der Waals surface area contributed by atoms with Gasteiger partial charge in [0.25, 0.3) is 7.82 Å². The Kier molecular flexibility index (Phi) is 47.3. The molecule has 0 aromatic carbocycles. The van der Waals surface area contributed by atoms with E-state index in [1.165, 1.54) is 225 Å². The van der Waals surface area contributed by atoms with Gasteiger partial charge in [0.2, 0.25) is 0 Å². The molecule has 0 spiro atoms. The molecule has 0 saturated heterocycles. The van der Waals surface area contributed by atoms with Gasteiger partial charge in [0.15, 0.2) is 6.10 Å². The van der Waals surface area contributed by atoms with Crippen molar-refractivity contribution in [2.24, 2.45) is 0 Å². The lowest BCUT2D eigenvalue weighted by molar-refractivity contribution is -0.870. The van der Waals surface area contributed by atoms with Crippen molar-refractivity contribution in [3.05, 3.63) is 0 Å². The molecule has 0 rings (SSSR count). The average molecular weight is 944 g/mol. The number of carbonyl (C=O) groups excluding carboxylic acids is 2. The number of phosphoric ester groups is 1. The van der Waals surface area contributed by atoms with Crippen LogP contribution in [0.2, 0.25) is 0 Å².